The standard InChI is InChI=1S/C14H16N4O4/c1-8-3-5-10(6-4-8)18-9(2)12(20)17(14(18)22)7-11(19)16-13(15)21/h3-6,9H,7H2,1-2H3,(H3,15,16,19,21)/t9-/m0/s1. The zero-order valence-electron chi connectivity index (χ0n) is 12.2. The molecule has 0 aromatic heterocycles. The predicted octanol–water partition coefficient (Wildman–Crippen LogP) is 0.347. The molecule has 1 aliphatic rings. The smallest absolute Gasteiger partial charge is 0.332 e. The lowest BCUT2D eigenvalue weighted by atomic mass is 10.2. The third-order valence-electron chi connectivity index (χ3n) is 3.32. The molecule has 0 bridgehead atoms. The first-order chi connectivity index (χ1) is 10.3. The summed E-state index contributed by atoms with van der Waals surface area (Å²) in [4.78, 5) is 48.8. The number of hydrogen-bond donors (Lipinski definition) is 2. The highest BCUT2D eigenvalue weighted by Crippen LogP contribution is 2.25. The summed E-state index contributed by atoms with van der Waals surface area (Å²) in [6, 6.07) is 4.73. The lowest BCUT2D eigenvalue weighted by Crippen LogP contribution is -2.44. The van der Waals surface area contributed by atoms with E-state index in [4.69, 9.17) is 5.73 Å². The second kappa shape index (κ2) is 5.84. The number of anilines is 1. The summed E-state index contributed by atoms with van der Waals surface area (Å²) in [6.45, 7) is 2.93. The van der Waals surface area contributed by atoms with Gasteiger partial charge in [0.05, 0.1) is 0 Å². The molecule has 1 aromatic rings. The van der Waals surface area contributed by atoms with E-state index in [1.807, 2.05) is 24.4 Å². The van der Waals surface area contributed by atoms with Crippen molar-refractivity contribution in [3.8, 4) is 0 Å². The fourth-order valence-electron chi connectivity index (χ4n) is 2.23. The first-order valence-corrected chi connectivity index (χ1v) is 6.61. The molecule has 3 N–H and O–H groups in total. The molecule has 0 spiro atoms. The van der Waals surface area contributed by atoms with Gasteiger partial charge in [0, 0.05) is 5.69 Å². The molecule has 6 amide bonds. The van der Waals surface area contributed by atoms with Crippen LogP contribution in [0, 0.1) is 6.92 Å². The SMILES string of the molecule is Cc1ccc(N2C(=O)N(CC(=O)NC(N)=O)C(=O)[C@@H]2C)cc1. The number of nitrogens with zero attached hydrogens (tertiary/aromatic N) is 2. The summed E-state index contributed by atoms with van der Waals surface area (Å²) in [6.07, 6.45) is 0. The van der Waals surface area contributed by atoms with Crippen LogP contribution in [0.4, 0.5) is 15.3 Å². The summed E-state index contributed by atoms with van der Waals surface area (Å²) in [7, 11) is 0. The van der Waals surface area contributed by atoms with Crippen LogP contribution in [0.1, 0.15) is 12.5 Å². The monoisotopic (exact) mass is 304 g/mol. The van der Waals surface area contributed by atoms with E-state index in [0.29, 0.717) is 5.69 Å². The largest absolute Gasteiger partial charge is 0.351 e. The Morgan fingerprint density at radius 3 is 2.36 bits per heavy atom. The summed E-state index contributed by atoms with van der Waals surface area (Å²) < 4.78 is 0. The van der Waals surface area contributed by atoms with Gasteiger partial charge in [0.1, 0.15) is 12.6 Å². The van der Waals surface area contributed by atoms with Gasteiger partial charge in [-0.2, -0.15) is 0 Å². The van der Waals surface area contributed by atoms with Gasteiger partial charge in [-0.15, -0.1) is 0 Å². The predicted molar refractivity (Wildman–Crippen MR) is 78.0 cm³/mol. The van der Waals surface area contributed by atoms with Crippen molar-refractivity contribution in [1.82, 2.24) is 10.2 Å². The summed E-state index contributed by atoms with van der Waals surface area (Å²) >= 11 is 0. The van der Waals surface area contributed by atoms with Crippen molar-refractivity contribution >= 4 is 29.6 Å². The fourth-order valence-corrected chi connectivity index (χ4v) is 2.23. The molecule has 116 valence electrons. The zero-order valence-corrected chi connectivity index (χ0v) is 12.2. The van der Waals surface area contributed by atoms with Crippen molar-refractivity contribution in [3.63, 3.8) is 0 Å². The summed E-state index contributed by atoms with van der Waals surface area (Å²) in [5.41, 5.74) is 6.41. The Morgan fingerprint density at radius 1 is 1.23 bits per heavy atom. The number of rotatable bonds is 3. The average molecular weight is 304 g/mol. The minimum Gasteiger partial charge on any atom is -0.351 e. The number of aryl methyl sites for hydroxylation is 1. The maximum absolute atomic E-state index is 12.4. The number of nitrogens with two attached hydrogens (primary N) is 1. The van der Waals surface area contributed by atoms with Crippen LogP contribution in [0.2, 0.25) is 0 Å². The normalized spacial score (nSPS) is 17.8. The number of imide groups is 2. The van der Waals surface area contributed by atoms with Crippen LogP contribution in [0.5, 0.6) is 0 Å². The number of urea groups is 2. The van der Waals surface area contributed by atoms with Gasteiger partial charge in [-0.05, 0) is 26.0 Å². The van der Waals surface area contributed by atoms with Gasteiger partial charge >= 0.3 is 12.1 Å². The number of benzene rings is 1. The van der Waals surface area contributed by atoms with Gasteiger partial charge in [0.15, 0.2) is 0 Å². The highest BCUT2D eigenvalue weighted by atomic mass is 16.2. The molecular weight excluding hydrogens is 288 g/mol. The third-order valence-corrected chi connectivity index (χ3v) is 3.32. The fraction of sp³-hybridized carbons (Fsp3) is 0.286. The molecular formula is C14H16N4O4. The first kappa shape index (κ1) is 15.5. The molecule has 0 aliphatic carbocycles. The minimum atomic E-state index is -1.03. The van der Waals surface area contributed by atoms with Crippen molar-refractivity contribution in [2.45, 2.75) is 19.9 Å². The van der Waals surface area contributed by atoms with E-state index in [0.717, 1.165) is 10.5 Å². The first-order valence-electron chi connectivity index (χ1n) is 6.61. The van der Waals surface area contributed by atoms with E-state index in [1.165, 1.54) is 4.90 Å². The molecule has 2 rings (SSSR count). The van der Waals surface area contributed by atoms with Crippen LogP contribution in [0.25, 0.3) is 0 Å². The van der Waals surface area contributed by atoms with Crippen molar-refractivity contribution < 1.29 is 19.2 Å². The molecule has 8 heteroatoms. The topological polar surface area (TPSA) is 113 Å². The molecule has 1 fully saturated rings. The van der Waals surface area contributed by atoms with E-state index in [9.17, 15) is 19.2 Å². The molecule has 1 aromatic carbocycles. The van der Waals surface area contributed by atoms with E-state index < -0.39 is 36.5 Å². The van der Waals surface area contributed by atoms with Crippen molar-refractivity contribution in [3.05, 3.63) is 29.8 Å². The maximum Gasteiger partial charge on any atom is 0.332 e. The molecule has 1 atom stereocenters. The van der Waals surface area contributed by atoms with Crippen molar-refractivity contribution in [1.29, 1.82) is 0 Å². The van der Waals surface area contributed by atoms with Gasteiger partial charge in [0.2, 0.25) is 5.91 Å². The average Bonchev–Trinajstić information content (AvgIpc) is 2.63. The molecule has 1 aliphatic heterocycles. The van der Waals surface area contributed by atoms with Gasteiger partial charge < -0.3 is 5.73 Å². The van der Waals surface area contributed by atoms with Gasteiger partial charge in [0.25, 0.3) is 5.91 Å². The Labute approximate surface area is 126 Å². The Kier molecular flexibility index (Phi) is 4.11. The van der Waals surface area contributed by atoms with Crippen LogP contribution in [-0.2, 0) is 9.59 Å². The van der Waals surface area contributed by atoms with E-state index >= 15 is 0 Å². The highest BCUT2D eigenvalue weighted by Gasteiger charge is 2.44. The number of hydrogen-bond acceptors (Lipinski definition) is 4. The number of carbonyl (C=O) groups excluding carboxylic acids is 4. The maximum atomic E-state index is 12.4. The van der Waals surface area contributed by atoms with Crippen LogP contribution in [0.15, 0.2) is 24.3 Å². The van der Waals surface area contributed by atoms with Crippen LogP contribution >= 0.6 is 0 Å². The van der Waals surface area contributed by atoms with Crippen molar-refractivity contribution in [2.24, 2.45) is 5.73 Å². The molecule has 0 unspecified atom stereocenters. The zero-order chi connectivity index (χ0) is 16.4. The van der Waals surface area contributed by atoms with Gasteiger partial charge in [-0.3, -0.25) is 24.7 Å². The molecule has 8 nitrogen and oxygen atoms in total. The van der Waals surface area contributed by atoms with Crippen molar-refractivity contribution in [2.75, 3.05) is 11.4 Å². The van der Waals surface area contributed by atoms with Crippen LogP contribution < -0.4 is 16.0 Å². The third kappa shape index (κ3) is 2.90. The van der Waals surface area contributed by atoms with E-state index in [-0.39, 0.29) is 0 Å². The molecule has 1 saturated heterocycles. The lowest BCUT2D eigenvalue weighted by molar-refractivity contribution is -0.131. The second-order valence-electron chi connectivity index (χ2n) is 5.00. The summed E-state index contributed by atoms with van der Waals surface area (Å²) in [5.74, 6) is -1.32. The Morgan fingerprint density at radius 2 is 1.82 bits per heavy atom. The number of primary amides is 1. The Bertz CT molecular complexity index is 641. The number of nitrogens with one attached hydrogen (secondary N) is 1. The van der Waals surface area contributed by atoms with Gasteiger partial charge in [-0.25, -0.2) is 9.59 Å². The van der Waals surface area contributed by atoms with Gasteiger partial charge in [-0.1, -0.05) is 17.7 Å². The second-order valence-corrected chi connectivity index (χ2v) is 5.00. The molecule has 1 heterocycles. The Hall–Kier alpha value is -2.90. The number of amides is 6. The molecule has 0 radical (unpaired) electrons. The Balaban J connectivity index is 2.20. The molecule has 0 saturated carbocycles. The van der Waals surface area contributed by atoms with E-state index in [1.54, 1.807) is 19.1 Å². The minimum absolute atomic E-state index is 0.509. The molecule has 22 heavy (non-hydrogen) atoms. The van der Waals surface area contributed by atoms with Crippen LogP contribution in [-0.4, -0.2) is 41.4 Å². The lowest BCUT2D eigenvalue weighted by Gasteiger charge is -2.19. The number of carbonyl (C=O) groups is 4. The van der Waals surface area contributed by atoms with E-state index in [2.05, 4.69) is 0 Å². The quantitative estimate of drug-likeness (QED) is 0.784. The summed E-state index contributed by atoms with van der Waals surface area (Å²) in [5, 5.41) is 1.82. The van der Waals surface area contributed by atoms with Crippen LogP contribution in [0.3, 0.4) is 0 Å². The highest BCUT2D eigenvalue weighted by molar-refractivity contribution is 6.15.